The van der Waals surface area contributed by atoms with Crippen molar-refractivity contribution in [1.29, 1.82) is 0 Å². The summed E-state index contributed by atoms with van der Waals surface area (Å²) in [6, 6.07) is 92.9. The third kappa shape index (κ3) is 5.54. The van der Waals surface area contributed by atoms with Crippen molar-refractivity contribution in [3.63, 3.8) is 0 Å². The zero-order valence-corrected chi connectivity index (χ0v) is 37.1. The maximum absolute atomic E-state index is 6.96. The first-order valence-corrected chi connectivity index (χ1v) is 23.4. The second-order valence-corrected chi connectivity index (χ2v) is 17.9. The van der Waals surface area contributed by atoms with Gasteiger partial charge in [-0.25, -0.2) is 0 Å². The van der Waals surface area contributed by atoms with Crippen LogP contribution < -0.4 is 9.64 Å². The molecule has 1 aromatic heterocycles. The van der Waals surface area contributed by atoms with E-state index in [0.717, 1.165) is 56.4 Å². The van der Waals surface area contributed by atoms with Gasteiger partial charge in [0.2, 0.25) is 0 Å². The van der Waals surface area contributed by atoms with Gasteiger partial charge in [0.05, 0.1) is 22.1 Å². The molecule has 1 atom stereocenters. The summed E-state index contributed by atoms with van der Waals surface area (Å²) in [4.78, 5) is 2.41. The quantitative estimate of drug-likeness (QED) is 0.166. The minimum atomic E-state index is -0.660. The summed E-state index contributed by atoms with van der Waals surface area (Å²) in [5, 5.41) is 4.89. The predicted molar refractivity (Wildman–Crippen MR) is 281 cm³/mol. The van der Waals surface area contributed by atoms with Gasteiger partial charge in [-0.05, 0) is 105 Å². The van der Waals surface area contributed by atoms with Gasteiger partial charge in [0.15, 0.2) is 0 Å². The maximum Gasteiger partial charge on any atom is 0.132 e. The largest absolute Gasteiger partial charge is 0.457 e. The standard InChI is InChI=1S/C65H42N2O/c1-4-19-43(20-5-1)49-29-18-30-50(44-21-6-2-7-22-44)64(49)67-59-35-14-11-28-52(59)54-41-47(37-39-60(54)67)66(46-25-8-3-9-26-46)48-38-40-62-58(42-48)65(56-33-13-15-36-61(56)68-62)55-32-12-10-27-51(55)53-31-16-23-45-24-17-34-57(65)63(45)53/h1-42H. The Morgan fingerprint density at radius 2 is 0.882 bits per heavy atom. The van der Waals surface area contributed by atoms with Crippen molar-refractivity contribution in [2.45, 2.75) is 5.41 Å². The summed E-state index contributed by atoms with van der Waals surface area (Å²) in [5.41, 5.74) is 18.0. The number of benzene rings is 11. The first-order chi connectivity index (χ1) is 33.8. The highest BCUT2D eigenvalue weighted by Gasteiger charge is 2.49. The van der Waals surface area contributed by atoms with Gasteiger partial charge in [-0.3, -0.25) is 0 Å². The highest BCUT2D eigenvalue weighted by molar-refractivity contribution is 6.12. The number of para-hydroxylation sites is 4. The van der Waals surface area contributed by atoms with Crippen LogP contribution in [0.4, 0.5) is 17.1 Å². The lowest BCUT2D eigenvalue weighted by Gasteiger charge is -2.45. The lowest BCUT2D eigenvalue weighted by atomic mass is 9.58. The summed E-state index contributed by atoms with van der Waals surface area (Å²) in [6.07, 6.45) is 0. The average molecular weight is 867 g/mol. The molecule has 68 heavy (non-hydrogen) atoms. The molecule has 0 bridgehead atoms. The number of hydrogen-bond acceptors (Lipinski definition) is 2. The van der Waals surface area contributed by atoms with E-state index in [0.29, 0.717) is 0 Å². The number of nitrogens with zero attached hydrogens (tertiary/aromatic N) is 2. The van der Waals surface area contributed by atoms with E-state index in [2.05, 4.69) is 264 Å². The molecule has 0 radical (unpaired) electrons. The van der Waals surface area contributed by atoms with E-state index in [-0.39, 0.29) is 0 Å². The van der Waals surface area contributed by atoms with Crippen LogP contribution in [-0.4, -0.2) is 4.57 Å². The Bertz CT molecular complexity index is 3890. The molecule has 1 unspecified atom stereocenters. The van der Waals surface area contributed by atoms with E-state index in [9.17, 15) is 0 Å². The van der Waals surface area contributed by atoms with E-state index in [1.807, 2.05) is 0 Å². The van der Waals surface area contributed by atoms with Gasteiger partial charge in [-0.1, -0.05) is 194 Å². The molecule has 318 valence electrons. The minimum Gasteiger partial charge on any atom is -0.457 e. The van der Waals surface area contributed by atoms with Crippen LogP contribution in [0.15, 0.2) is 255 Å². The monoisotopic (exact) mass is 866 g/mol. The fourth-order valence-electron chi connectivity index (χ4n) is 11.7. The van der Waals surface area contributed by atoms with Crippen molar-refractivity contribution in [2.75, 3.05) is 4.90 Å². The highest BCUT2D eigenvalue weighted by atomic mass is 16.5. The van der Waals surface area contributed by atoms with Crippen LogP contribution in [0.2, 0.25) is 0 Å². The molecule has 2 heterocycles. The number of ether oxygens (including phenoxy) is 1. The lowest BCUT2D eigenvalue weighted by Crippen LogP contribution is -2.36. The first kappa shape index (κ1) is 38.4. The molecule has 12 aromatic rings. The first-order valence-electron chi connectivity index (χ1n) is 23.4. The lowest BCUT2D eigenvalue weighted by molar-refractivity contribution is 0.435. The number of fused-ring (bicyclic) bond motifs is 11. The van der Waals surface area contributed by atoms with Gasteiger partial charge in [-0.2, -0.15) is 0 Å². The Morgan fingerprint density at radius 3 is 1.66 bits per heavy atom. The molecular formula is C65H42N2O. The minimum absolute atomic E-state index is 0.660. The molecule has 11 aromatic carbocycles. The summed E-state index contributed by atoms with van der Waals surface area (Å²) in [6.45, 7) is 0. The molecule has 1 spiro atoms. The normalized spacial score (nSPS) is 14.4. The molecule has 1 aliphatic heterocycles. The van der Waals surface area contributed by atoms with Crippen LogP contribution >= 0.6 is 0 Å². The zero-order valence-electron chi connectivity index (χ0n) is 37.1. The maximum atomic E-state index is 6.96. The van der Waals surface area contributed by atoms with Crippen molar-refractivity contribution in [3.8, 4) is 50.6 Å². The third-order valence-electron chi connectivity index (χ3n) is 14.4. The third-order valence-corrected chi connectivity index (χ3v) is 14.4. The van der Waals surface area contributed by atoms with Crippen LogP contribution in [0, 0.1) is 0 Å². The molecule has 3 nitrogen and oxygen atoms in total. The van der Waals surface area contributed by atoms with Crippen LogP contribution in [0.3, 0.4) is 0 Å². The number of rotatable bonds is 6. The van der Waals surface area contributed by atoms with Crippen LogP contribution in [0.1, 0.15) is 22.3 Å². The predicted octanol–water partition coefficient (Wildman–Crippen LogP) is 17.2. The molecule has 14 rings (SSSR count). The summed E-state index contributed by atoms with van der Waals surface area (Å²) in [7, 11) is 0. The van der Waals surface area contributed by atoms with E-state index in [4.69, 9.17) is 4.74 Å². The smallest absolute Gasteiger partial charge is 0.132 e. The molecule has 3 heteroatoms. The number of hydrogen-bond donors (Lipinski definition) is 0. The van der Waals surface area contributed by atoms with E-state index >= 15 is 0 Å². The van der Waals surface area contributed by atoms with Gasteiger partial charge >= 0.3 is 0 Å². The Morgan fingerprint density at radius 1 is 0.338 bits per heavy atom. The Kier molecular flexibility index (Phi) is 8.50. The van der Waals surface area contributed by atoms with E-state index in [1.54, 1.807) is 0 Å². The van der Waals surface area contributed by atoms with Crippen LogP contribution in [-0.2, 0) is 5.41 Å². The Balaban J connectivity index is 1.02. The zero-order chi connectivity index (χ0) is 44.8. The SMILES string of the molecule is c1ccc(-c2cccc(-c3ccccc3)c2-n2c3ccccc3c3cc(N(c4ccccc4)c4ccc5c(c4)C4(c6ccccc6O5)c5ccccc5-c5cccc6cccc4c56)ccc32)cc1. The van der Waals surface area contributed by atoms with Crippen molar-refractivity contribution in [2.24, 2.45) is 0 Å². The molecule has 2 aliphatic rings. The van der Waals surface area contributed by atoms with Crippen molar-refractivity contribution in [3.05, 3.63) is 277 Å². The molecule has 1 aliphatic carbocycles. The second-order valence-electron chi connectivity index (χ2n) is 17.9. The van der Waals surface area contributed by atoms with Gasteiger partial charge < -0.3 is 14.2 Å². The number of anilines is 3. The van der Waals surface area contributed by atoms with E-state index in [1.165, 1.54) is 66.1 Å². The van der Waals surface area contributed by atoms with Gasteiger partial charge in [0.25, 0.3) is 0 Å². The molecule has 0 saturated heterocycles. The van der Waals surface area contributed by atoms with Crippen LogP contribution in [0.5, 0.6) is 11.5 Å². The molecule has 0 amide bonds. The molecule has 0 fully saturated rings. The summed E-state index contributed by atoms with van der Waals surface area (Å²) >= 11 is 0. The topological polar surface area (TPSA) is 17.4 Å². The second kappa shape index (κ2) is 15.1. The summed E-state index contributed by atoms with van der Waals surface area (Å²) in [5.74, 6) is 1.74. The van der Waals surface area contributed by atoms with Gasteiger partial charge in [0, 0.05) is 50.1 Å². The average Bonchev–Trinajstić information content (AvgIpc) is 3.74. The van der Waals surface area contributed by atoms with Gasteiger partial charge in [-0.15, -0.1) is 0 Å². The highest BCUT2D eigenvalue weighted by Crippen LogP contribution is 2.62. The number of aromatic nitrogens is 1. The van der Waals surface area contributed by atoms with Crippen LogP contribution in [0.25, 0.3) is 71.6 Å². The fourth-order valence-corrected chi connectivity index (χ4v) is 11.7. The Hall–Kier alpha value is -8.92. The van der Waals surface area contributed by atoms with Crippen molar-refractivity contribution < 1.29 is 4.74 Å². The van der Waals surface area contributed by atoms with Crippen molar-refractivity contribution in [1.82, 2.24) is 4.57 Å². The van der Waals surface area contributed by atoms with Gasteiger partial charge in [0.1, 0.15) is 11.5 Å². The Labute approximate surface area is 395 Å². The molecule has 0 N–H and O–H groups in total. The van der Waals surface area contributed by atoms with Crippen molar-refractivity contribution >= 4 is 49.6 Å². The molecule has 0 saturated carbocycles. The summed E-state index contributed by atoms with van der Waals surface area (Å²) < 4.78 is 9.45. The molecular weight excluding hydrogens is 825 g/mol. The van der Waals surface area contributed by atoms with E-state index < -0.39 is 5.41 Å². The fraction of sp³-hybridized carbons (Fsp3) is 0.0154.